The van der Waals surface area contributed by atoms with Crippen molar-refractivity contribution in [2.24, 2.45) is 0 Å². The van der Waals surface area contributed by atoms with E-state index in [0.717, 1.165) is 24.0 Å². The van der Waals surface area contributed by atoms with Crippen molar-refractivity contribution in [3.05, 3.63) is 65.5 Å². The Morgan fingerprint density at radius 2 is 1.90 bits per heavy atom. The smallest absolute Gasteiger partial charge is 0.319 e. The van der Waals surface area contributed by atoms with Crippen LogP contribution in [0.1, 0.15) is 43.9 Å². The summed E-state index contributed by atoms with van der Waals surface area (Å²) in [4.78, 5) is 26.1. The lowest BCUT2D eigenvalue weighted by molar-refractivity contribution is 0.194. The zero-order valence-corrected chi connectivity index (χ0v) is 16.7. The maximum Gasteiger partial charge on any atom is 0.319 e. The Hall–Kier alpha value is -3.09. The number of rotatable bonds is 7. The molecular formula is C22H27FN4O2. The lowest BCUT2D eigenvalue weighted by atomic mass is 10.1. The summed E-state index contributed by atoms with van der Waals surface area (Å²) in [5.41, 5.74) is 2.37. The van der Waals surface area contributed by atoms with E-state index in [2.05, 4.69) is 16.0 Å². The Bertz CT molecular complexity index is 852. The number of benzene rings is 2. The minimum Gasteiger partial charge on any atom is -0.335 e. The lowest BCUT2D eigenvalue weighted by Gasteiger charge is -2.24. The number of amides is 4. The molecule has 3 rings (SSSR count). The molecule has 7 heteroatoms. The van der Waals surface area contributed by atoms with Gasteiger partial charge in [0.2, 0.25) is 0 Å². The van der Waals surface area contributed by atoms with Crippen molar-refractivity contribution < 1.29 is 14.0 Å². The van der Waals surface area contributed by atoms with Crippen LogP contribution in [0.15, 0.2) is 48.5 Å². The minimum atomic E-state index is -0.313. The summed E-state index contributed by atoms with van der Waals surface area (Å²) in [6, 6.07) is 13.3. The van der Waals surface area contributed by atoms with Gasteiger partial charge in [0, 0.05) is 24.8 Å². The second kappa shape index (κ2) is 9.41. The van der Waals surface area contributed by atoms with Gasteiger partial charge in [-0.1, -0.05) is 24.3 Å². The second-order valence-corrected chi connectivity index (χ2v) is 7.31. The molecule has 2 aromatic rings. The van der Waals surface area contributed by atoms with Crippen LogP contribution >= 0.6 is 0 Å². The number of carbonyl (C=O) groups is 2. The first kappa shape index (κ1) is 20.6. The molecule has 1 aliphatic rings. The Morgan fingerprint density at radius 3 is 2.52 bits per heavy atom. The summed E-state index contributed by atoms with van der Waals surface area (Å²) < 4.78 is 13.4. The monoisotopic (exact) mass is 398 g/mol. The van der Waals surface area contributed by atoms with Gasteiger partial charge in [-0.25, -0.2) is 14.0 Å². The largest absolute Gasteiger partial charge is 0.335 e. The van der Waals surface area contributed by atoms with Crippen molar-refractivity contribution in [3.63, 3.8) is 0 Å². The number of nitrogens with zero attached hydrogens (tertiary/aromatic N) is 1. The van der Waals surface area contributed by atoms with Crippen LogP contribution in [0.5, 0.6) is 0 Å². The molecule has 1 atom stereocenters. The summed E-state index contributed by atoms with van der Waals surface area (Å²) in [7, 11) is 0. The van der Waals surface area contributed by atoms with E-state index >= 15 is 0 Å². The van der Waals surface area contributed by atoms with Gasteiger partial charge in [-0.3, -0.25) is 0 Å². The van der Waals surface area contributed by atoms with E-state index < -0.39 is 0 Å². The van der Waals surface area contributed by atoms with Gasteiger partial charge in [-0.15, -0.1) is 0 Å². The van der Waals surface area contributed by atoms with Crippen LogP contribution in [0.3, 0.4) is 0 Å². The van der Waals surface area contributed by atoms with Crippen molar-refractivity contribution in [2.45, 2.75) is 45.3 Å². The highest BCUT2D eigenvalue weighted by Crippen LogP contribution is 2.20. The highest BCUT2D eigenvalue weighted by molar-refractivity contribution is 5.89. The van der Waals surface area contributed by atoms with Gasteiger partial charge < -0.3 is 20.9 Å². The topological polar surface area (TPSA) is 73.5 Å². The van der Waals surface area contributed by atoms with Crippen LogP contribution in [0.25, 0.3) is 0 Å². The van der Waals surface area contributed by atoms with E-state index in [1.54, 1.807) is 17.0 Å². The minimum absolute atomic E-state index is 0.197. The van der Waals surface area contributed by atoms with Crippen molar-refractivity contribution in [2.75, 3.05) is 11.9 Å². The molecule has 4 amide bonds. The quantitative estimate of drug-likeness (QED) is 0.647. The Balaban J connectivity index is 1.54. The van der Waals surface area contributed by atoms with Crippen LogP contribution in [0.4, 0.5) is 19.7 Å². The van der Waals surface area contributed by atoms with Crippen LogP contribution in [-0.4, -0.2) is 29.5 Å². The van der Waals surface area contributed by atoms with E-state index in [4.69, 9.17) is 0 Å². The number of nitrogens with one attached hydrogen (secondary N) is 3. The Kier molecular flexibility index (Phi) is 6.69. The first-order valence-electron chi connectivity index (χ1n) is 9.92. The average molecular weight is 398 g/mol. The molecule has 0 aliphatic heterocycles. The van der Waals surface area contributed by atoms with Crippen LogP contribution in [0.2, 0.25) is 0 Å². The third kappa shape index (κ3) is 6.20. The van der Waals surface area contributed by atoms with Crippen LogP contribution in [-0.2, 0) is 6.54 Å². The highest BCUT2D eigenvalue weighted by Gasteiger charge is 2.23. The first-order valence-corrected chi connectivity index (χ1v) is 9.92. The summed E-state index contributed by atoms with van der Waals surface area (Å²) >= 11 is 0. The molecule has 0 spiro atoms. The fourth-order valence-corrected chi connectivity index (χ4v) is 2.98. The molecule has 0 aromatic heterocycles. The molecule has 154 valence electrons. The number of halogens is 1. The Morgan fingerprint density at radius 1 is 1.17 bits per heavy atom. The summed E-state index contributed by atoms with van der Waals surface area (Å²) in [5.74, 6) is -0.313. The molecule has 6 nitrogen and oxygen atoms in total. The zero-order valence-electron chi connectivity index (χ0n) is 16.7. The fourth-order valence-electron chi connectivity index (χ4n) is 2.98. The third-order valence-electron chi connectivity index (χ3n) is 4.85. The van der Waals surface area contributed by atoms with Gasteiger partial charge in [-0.2, -0.15) is 0 Å². The lowest BCUT2D eigenvalue weighted by Crippen LogP contribution is -2.40. The number of urea groups is 2. The molecular weight excluding hydrogens is 371 g/mol. The average Bonchev–Trinajstić information content (AvgIpc) is 3.50. The SMILES string of the molecule is CCN(Cc1cccc(F)c1)C(=O)NC(C)c1ccc(NC(=O)NC2CC2)cc1. The zero-order chi connectivity index (χ0) is 20.8. The van der Waals surface area contributed by atoms with Gasteiger partial charge in [0.25, 0.3) is 0 Å². The van der Waals surface area contributed by atoms with Crippen molar-refractivity contribution in [1.82, 2.24) is 15.5 Å². The number of hydrogen-bond acceptors (Lipinski definition) is 2. The van der Waals surface area contributed by atoms with E-state index in [-0.39, 0.29) is 23.9 Å². The van der Waals surface area contributed by atoms with Crippen molar-refractivity contribution in [1.29, 1.82) is 0 Å². The van der Waals surface area contributed by atoms with Gasteiger partial charge >= 0.3 is 12.1 Å². The molecule has 0 bridgehead atoms. The maximum absolute atomic E-state index is 13.4. The Labute approximate surface area is 170 Å². The van der Waals surface area contributed by atoms with Gasteiger partial charge in [-0.05, 0) is 62.1 Å². The molecule has 2 aromatic carbocycles. The molecule has 1 saturated carbocycles. The molecule has 0 saturated heterocycles. The van der Waals surface area contributed by atoms with E-state index in [9.17, 15) is 14.0 Å². The number of anilines is 1. The number of hydrogen-bond donors (Lipinski definition) is 3. The van der Waals surface area contributed by atoms with Gasteiger partial charge in [0.05, 0.1) is 6.04 Å². The fraction of sp³-hybridized carbons (Fsp3) is 0.364. The van der Waals surface area contributed by atoms with E-state index in [0.29, 0.717) is 24.8 Å². The summed E-state index contributed by atoms with van der Waals surface area (Å²) in [6.07, 6.45) is 2.08. The maximum atomic E-state index is 13.4. The van der Waals surface area contributed by atoms with E-state index in [1.807, 2.05) is 38.1 Å². The molecule has 0 heterocycles. The van der Waals surface area contributed by atoms with Gasteiger partial charge in [0.1, 0.15) is 5.82 Å². The molecule has 29 heavy (non-hydrogen) atoms. The summed E-state index contributed by atoms with van der Waals surface area (Å²) in [5, 5.41) is 8.65. The standard InChI is InChI=1S/C22H27FN4O2/c1-3-27(14-16-5-4-6-18(23)13-16)22(29)24-15(2)17-7-9-19(10-8-17)25-21(28)26-20-11-12-20/h4-10,13,15,20H,3,11-12,14H2,1-2H3,(H,24,29)(H2,25,26,28). The first-order chi connectivity index (χ1) is 13.9. The predicted molar refractivity (Wildman–Crippen MR) is 111 cm³/mol. The van der Waals surface area contributed by atoms with Crippen LogP contribution in [0, 0.1) is 5.82 Å². The molecule has 0 radical (unpaired) electrons. The van der Waals surface area contributed by atoms with Crippen molar-refractivity contribution >= 4 is 17.7 Å². The van der Waals surface area contributed by atoms with Gasteiger partial charge in [0.15, 0.2) is 0 Å². The molecule has 1 unspecified atom stereocenters. The second-order valence-electron chi connectivity index (χ2n) is 7.31. The van der Waals surface area contributed by atoms with Crippen LogP contribution < -0.4 is 16.0 Å². The normalized spacial score (nSPS) is 14.0. The third-order valence-corrected chi connectivity index (χ3v) is 4.85. The molecule has 1 fully saturated rings. The van der Waals surface area contributed by atoms with E-state index in [1.165, 1.54) is 12.1 Å². The number of carbonyl (C=O) groups excluding carboxylic acids is 2. The molecule has 1 aliphatic carbocycles. The predicted octanol–water partition coefficient (Wildman–Crippen LogP) is 4.40. The molecule has 3 N–H and O–H groups in total. The van der Waals surface area contributed by atoms with Crippen molar-refractivity contribution in [3.8, 4) is 0 Å². The highest BCUT2D eigenvalue weighted by atomic mass is 19.1. The summed E-state index contributed by atoms with van der Waals surface area (Å²) in [6.45, 7) is 4.63.